The zero-order chi connectivity index (χ0) is 9.68. The lowest BCUT2D eigenvalue weighted by Gasteiger charge is -2.08. The Morgan fingerprint density at radius 1 is 1.31 bits per heavy atom. The highest BCUT2D eigenvalue weighted by Crippen LogP contribution is 2.18. The van der Waals surface area contributed by atoms with Gasteiger partial charge in [-0.05, 0) is 37.7 Å². The van der Waals surface area contributed by atoms with Gasteiger partial charge in [0.05, 0.1) is 6.61 Å². The maximum absolute atomic E-state index is 5.58. The normalized spacial score (nSPS) is 10.1. The van der Waals surface area contributed by atoms with E-state index in [-0.39, 0.29) is 0 Å². The molecular weight excluding hydrogens is 180 g/mol. The van der Waals surface area contributed by atoms with Gasteiger partial charge in [0, 0.05) is 0 Å². The Morgan fingerprint density at radius 2 is 2.08 bits per heavy atom. The average molecular weight is 196 g/mol. The van der Waals surface area contributed by atoms with Crippen molar-refractivity contribution in [2.45, 2.75) is 20.3 Å². The fourth-order valence-electron chi connectivity index (χ4n) is 1.21. The monoisotopic (exact) mass is 196 g/mol. The van der Waals surface area contributed by atoms with Gasteiger partial charge >= 0.3 is 0 Å². The second-order valence-corrected chi connectivity index (χ2v) is 3.64. The number of rotatable bonds is 4. The molecule has 2 heteroatoms. The topological polar surface area (TPSA) is 9.23 Å². The molecule has 1 nitrogen and oxygen atoms in total. The molecule has 0 heterocycles. The van der Waals surface area contributed by atoms with Gasteiger partial charge in [0.2, 0.25) is 0 Å². The number of hydrogen-bond donors (Lipinski definition) is 1. The molecule has 0 aliphatic heterocycles. The minimum absolute atomic E-state index is 0.757. The van der Waals surface area contributed by atoms with Gasteiger partial charge in [0.1, 0.15) is 5.75 Å². The van der Waals surface area contributed by atoms with Crippen LogP contribution < -0.4 is 4.74 Å². The van der Waals surface area contributed by atoms with Gasteiger partial charge in [-0.15, -0.1) is 0 Å². The third kappa shape index (κ3) is 3.31. The summed E-state index contributed by atoms with van der Waals surface area (Å²) in [7, 11) is 0. The van der Waals surface area contributed by atoms with Crippen LogP contribution >= 0.6 is 12.6 Å². The first kappa shape index (κ1) is 10.5. The fourth-order valence-corrected chi connectivity index (χ4v) is 1.34. The van der Waals surface area contributed by atoms with E-state index in [1.54, 1.807) is 0 Å². The van der Waals surface area contributed by atoms with Crippen molar-refractivity contribution < 1.29 is 4.74 Å². The number of aryl methyl sites for hydroxylation is 2. The Morgan fingerprint density at radius 3 is 2.69 bits per heavy atom. The highest BCUT2D eigenvalue weighted by atomic mass is 32.1. The highest BCUT2D eigenvalue weighted by Gasteiger charge is 1.98. The summed E-state index contributed by atoms with van der Waals surface area (Å²) in [6, 6.07) is 6.24. The molecule has 0 N–H and O–H groups in total. The Hall–Kier alpha value is -0.630. The summed E-state index contributed by atoms with van der Waals surface area (Å²) in [6.07, 6.45) is 0.996. The van der Waals surface area contributed by atoms with Crippen molar-refractivity contribution in [1.29, 1.82) is 0 Å². The van der Waals surface area contributed by atoms with Crippen molar-refractivity contribution in [3.8, 4) is 5.75 Å². The molecule has 1 rings (SSSR count). The zero-order valence-electron chi connectivity index (χ0n) is 8.21. The minimum Gasteiger partial charge on any atom is -0.493 e. The molecule has 0 fully saturated rings. The van der Waals surface area contributed by atoms with Crippen LogP contribution in [0.3, 0.4) is 0 Å². The lowest BCUT2D eigenvalue weighted by atomic mass is 10.1. The zero-order valence-corrected chi connectivity index (χ0v) is 9.10. The van der Waals surface area contributed by atoms with Crippen LogP contribution in [0.2, 0.25) is 0 Å². The fraction of sp³-hybridized carbons (Fsp3) is 0.455. The Balaban J connectivity index is 2.56. The van der Waals surface area contributed by atoms with E-state index in [0.29, 0.717) is 0 Å². The molecule has 0 aliphatic carbocycles. The van der Waals surface area contributed by atoms with Crippen molar-refractivity contribution in [1.82, 2.24) is 0 Å². The van der Waals surface area contributed by atoms with Crippen LogP contribution in [-0.4, -0.2) is 12.4 Å². The molecule has 0 aromatic heterocycles. The molecule has 0 amide bonds. The standard InChI is InChI=1S/C11H16OS/c1-9-4-5-11(10(2)8-9)12-6-3-7-13/h4-5,8,13H,3,6-7H2,1-2H3. The van der Waals surface area contributed by atoms with Crippen molar-refractivity contribution in [3.05, 3.63) is 29.3 Å². The van der Waals surface area contributed by atoms with Gasteiger partial charge < -0.3 is 4.74 Å². The maximum Gasteiger partial charge on any atom is 0.122 e. The van der Waals surface area contributed by atoms with E-state index in [4.69, 9.17) is 4.74 Å². The van der Waals surface area contributed by atoms with Crippen LogP contribution in [-0.2, 0) is 0 Å². The van der Waals surface area contributed by atoms with Gasteiger partial charge in [-0.1, -0.05) is 17.7 Å². The van der Waals surface area contributed by atoms with Gasteiger partial charge in [-0.3, -0.25) is 0 Å². The molecular formula is C11H16OS. The first-order chi connectivity index (χ1) is 6.24. The molecule has 13 heavy (non-hydrogen) atoms. The summed E-state index contributed by atoms with van der Waals surface area (Å²) in [5, 5.41) is 0. The first-order valence-electron chi connectivity index (χ1n) is 4.55. The lowest BCUT2D eigenvalue weighted by Crippen LogP contribution is -1.99. The molecule has 1 aromatic rings. The van der Waals surface area contributed by atoms with Crippen molar-refractivity contribution in [3.63, 3.8) is 0 Å². The van der Waals surface area contributed by atoms with E-state index in [0.717, 1.165) is 24.5 Å². The predicted molar refractivity (Wildman–Crippen MR) is 59.9 cm³/mol. The SMILES string of the molecule is Cc1ccc(OCCCS)c(C)c1. The third-order valence-electron chi connectivity index (χ3n) is 1.89. The summed E-state index contributed by atoms with van der Waals surface area (Å²) in [5.74, 6) is 1.87. The van der Waals surface area contributed by atoms with E-state index < -0.39 is 0 Å². The van der Waals surface area contributed by atoms with E-state index >= 15 is 0 Å². The number of thiol groups is 1. The van der Waals surface area contributed by atoms with Crippen LogP contribution in [0.15, 0.2) is 18.2 Å². The van der Waals surface area contributed by atoms with Crippen molar-refractivity contribution in [2.75, 3.05) is 12.4 Å². The predicted octanol–water partition coefficient (Wildman–Crippen LogP) is 3.00. The summed E-state index contributed by atoms with van der Waals surface area (Å²) in [4.78, 5) is 0. The Bertz CT molecular complexity index is 271. The molecule has 0 saturated heterocycles. The quantitative estimate of drug-likeness (QED) is 0.575. The van der Waals surface area contributed by atoms with Crippen LogP contribution in [0.4, 0.5) is 0 Å². The maximum atomic E-state index is 5.58. The summed E-state index contributed by atoms with van der Waals surface area (Å²) < 4.78 is 5.58. The number of ether oxygens (including phenoxy) is 1. The molecule has 0 saturated carbocycles. The molecule has 0 atom stereocenters. The molecule has 0 unspecified atom stereocenters. The lowest BCUT2D eigenvalue weighted by molar-refractivity contribution is 0.316. The van der Waals surface area contributed by atoms with Crippen molar-refractivity contribution >= 4 is 12.6 Å². The summed E-state index contributed by atoms with van der Waals surface area (Å²) in [5.41, 5.74) is 2.48. The van der Waals surface area contributed by atoms with Crippen LogP contribution in [0, 0.1) is 13.8 Å². The Labute approximate surface area is 85.5 Å². The summed E-state index contributed by atoms with van der Waals surface area (Å²) in [6.45, 7) is 4.92. The number of hydrogen-bond acceptors (Lipinski definition) is 2. The van der Waals surface area contributed by atoms with Gasteiger partial charge in [0.15, 0.2) is 0 Å². The average Bonchev–Trinajstić information content (AvgIpc) is 2.09. The van der Waals surface area contributed by atoms with Gasteiger partial charge in [-0.2, -0.15) is 12.6 Å². The summed E-state index contributed by atoms with van der Waals surface area (Å²) >= 11 is 4.13. The second-order valence-electron chi connectivity index (χ2n) is 3.19. The smallest absolute Gasteiger partial charge is 0.122 e. The Kier molecular flexibility index (Phi) is 4.16. The van der Waals surface area contributed by atoms with E-state index in [2.05, 4.69) is 38.6 Å². The first-order valence-corrected chi connectivity index (χ1v) is 5.18. The van der Waals surface area contributed by atoms with E-state index in [1.165, 1.54) is 11.1 Å². The molecule has 0 spiro atoms. The molecule has 72 valence electrons. The van der Waals surface area contributed by atoms with Crippen LogP contribution in [0.1, 0.15) is 17.5 Å². The van der Waals surface area contributed by atoms with Crippen LogP contribution in [0.5, 0.6) is 5.75 Å². The van der Waals surface area contributed by atoms with Gasteiger partial charge in [0.25, 0.3) is 0 Å². The molecule has 0 aliphatic rings. The van der Waals surface area contributed by atoms with E-state index in [1.807, 2.05) is 6.07 Å². The van der Waals surface area contributed by atoms with E-state index in [9.17, 15) is 0 Å². The largest absolute Gasteiger partial charge is 0.493 e. The van der Waals surface area contributed by atoms with Crippen LogP contribution in [0.25, 0.3) is 0 Å². The third-order valence-corrected chi connectivity index (χ3v) is 2.21. The molecule has 0 radical (unpaired) electrons. The number of benzene rings is 1. The molecule has 1 aromatic carbocycles. The second kappa shape index (κ2) is 5.18. The van der Waals surface area contributed by atoms with Gasteiger partial charge in [-0.25, -0.2) is 0 Å². The minimum atomic E-state index is 0.757. The molecule has 0 bridgehead atoms. The highest BCUT2D eigenvalue weighted by molar-refractivity contribution is 7.80. The van der Waals surface area contributed by atoms with Crippen molar-refractivity contribution in [2.24, 2.45) is 0 Å².